The van der Waals surface area contributed by atoms with E-state index in [0.717, 1.165) is 22.4 Å². The van der Waals surface area contributed by atoms with Gasteiger partial charge in [-0.3, -0.25) is 0 Å². The smallest absolute Gasteiger partial charge is 0.168 e. The van der Waals surface area contributed by atoms with Crippen molar-refractivity contribution in [3.8, 4) is 28.4 Å². The van der Waals surface area contributed by atoms with Crippen molar-refractivity contribution in [1.29, 1.82) is 0 Å². The Hall–Kier alpha value is -2.20. The van der Waals surface area contributed by atoms with Crippen molar-refractivity contribution in [3.63, 3.8) is 0 Å². The van der Waals surface area contributed by atoms with Crippen LogP contribution in [0, 0.1) is 0 Å². The summed E-state index contributed by atoms with van der Waals surface area (Å²) >= 11 is 0. The van der Waals surface area contributed by atoms with Crippen LogP contribution in [0.2, 0.25) is 0 Å². The first-order valence-electron chi connectivity index (χ1n) is 6.32. The lowest BCUT2D eigenvalue weighted by Gasteiger charge is -2.15. The van der Waals surface area contributed by atoms with E-state index in [9.17, 15) is 0 Å². The Morgan fingerprint density at radius 3 is 2.35 bits per heavy atom. The fourth-order valence-electron chi connectivity index (χ4n) is 2.14. The highest BCUT2D eigenvalue weighted by atomic mass is 16.5. The van der Waals surface area contributed by atoms with Gasteiger partial charge >= 0.3 is 0 Å². The van der Waals surface area contributed by atoms with Crippen LogP contribution in [0.15, 0.2) is 36.4 Å². The second kappa shape index (κ2) is 6.30. The third kappa shape index (κ3) is 2.70. The van der Waals surface area contributed by atoms with E-state index in [4.69, 9.17) is 19.9 Å². The van der Waals surface area contributed by atoms with Gasteiger partial charge in [-0.05, 0) is 35.4 Å². The minimum absolute atomic E-state index is 0.442. The molecule has 4 nitrogen and oxygen atoms in total. The molecule has 0 bridgehead atoms. The first-order chi connectivity index (χ1) is 9.73. The van der Waals surface area contributed by atoms with Crippen LogP contribution in [0.5, 0.6) is 17.2 Å². The van der Waals surface area contributed by atoms with Crippen LogP contribution in [-0.2, 0) is 6.54 Å². The van der Waals surface area contributed by atoms with E-state index >= 15 is 0 Å². The highest BCUT2D eigenvalue weighted by molar-refractivity contribution is 5.75. The maximum absolute atomic E-state index is 5.75. The van der Waals surface area contributed by atoms with Crippen LogP contribution in [0.4, 0.5) is 0 Å². The summed E-state index contributed by atoms with van der Waals surface area (Å²) in [6, 6.07) is 11.7. The lowest BCUT2D eigenvalue weighted by molar-refractivity contribution is 0.355. The van der Waals surface area contributed by atoms with Gasteiger partial charge in [0.15, 0.2) is 11.5 Å². The van der Waals surface area contributed by atoms with Crippen molar-refractivity contribution in [2.24, 2.45) is 5.73 Å². The number of methoxy groups -OCH3 is 3. The van der Waals surface area contributed by atoms with E-state index in [-0.39, 0.29) is 0 Å². The van der Waals surface area contributed by atoms with E-state index in [2.05, 4.69) is 0 Å². The van der Waals surface area contributed by atoms with Gasteiger partial charge < -0.3 is 19.9 Å². The normalized spacial score (nSPS) is 10.2. The standard InChI is InChI=1S/C16H19NO3/c1-18-13-6-4-5-12(9-13)14-7-11(10-17)8-15(19-2)16(14)20-3/h4-9H,10,17H2,1-3H3. The van der Waals surface area contributed by atoms with Gasteiger partial charge in [-0.15, -0.1) is 0 Å². The first kappa shape index (κ1) is 14.2. The van der Waals surface area contributed by atoms with Gasteiger partial charge in [0.1, 0.15) is 5.75 Å². The summed E-state index contributed by atoms with van der Waals surface area (Å²) in [7, 11) is 4.89. The fraction of sp³-hybridized carbons (Fsp3) is 0.250. The first-order valence-corrected chi connectivity index (χ1v) is 6.32. The van der Waals surface area contributed by atoms with E-state index in [1.807, 2.05) is 36.4 Å². The molecule has 4 heteroatoms. The Morgan fingerprint density at radius 1 is 0.950 bits per heavy atom. The highest BCUT2D eigenvalue weighted by Crippen LogP contribution is 2.40. The number of hydrogen-bond donors (Lipinski definition) is 1. The molecule has 0 spiro atoms. The van der Waals surface area contributed by atoms with Crippen molar-refractivity contribution < 1.29 is 14.2 Å². The molecule has 0 heterocycles. The SMILES string of the molecule is COc1cccc(-c2cc(CN)cc(OC)c2OC)c1. The monoisotopic (exact) mass is 273 g/mol. The van der Waals surface area contributed by atoms with Gasteiger partial charge in [-0.1, -0.05) is 12.1 Å². The van der Waals surface area contributed by atoms with Gasteiger partial charge in [0, 0.05) is 12.1 Å². The van der Waals surface area contributed by atoms with Crippen molar-refractivity contribution >= 4 is 0 Å². The molecule has 0 aliphatic rings. The van der Waals surface area contributed by atoms with Crippen molar-refractivity contribution in [1.82, 2.24) is 0 Å². The van der Waals surface area contributed by atoms with Crippen molar-refractivity contribution in [2.75, 3.05) is 21.3 Å². The fourth-order valence-corrected chi connectivity index (χ4v) is 2.14. The maximum Gasteiger partial charge on any atom is 0.168 e. The zero-order valence-corrected chi connectivity index (χ0v) is 12.0. The summed E-state index contributed by atoms with van der Waals surface area (Å²) in [6.07, 6.45) is 0. The molecule has 0 aliphatic carbocycles. The molecule has 0 atom stereocenters. The Kier molecular flexibility index (Phi) is 4.48. The molecular weight excluding hydrogens is 254 g/mol. The molecule has 0 unspecified atom stereocenters. The number of benzene rings is 2. The second-order valence-electron chi connectivity index (χ2n) is 4.31. The summed E-state index contributed by atoms with van der Waals surface area (Å²) in [6.45, 7) is 0.442. The molecule has 0 saturated carbocycles. The summed E-state index contributed by atoms with van der Waals surface area (Å²) in [4.78, 5) is 0. The molecule has 20 heavy (non-hydrogen) atoms. The van der Waals surface area contributed by atoms with E-state index in [1.165, 1.54) is 0 Å². The molecule has 0 aliphatic heterocycles. The van der Waals surface area contributed by atoms with E-state index < -0.39 is 0 Å². The topological polar surface area (TPSA) is 53.7 Å². The van der Waals surface area contributed by atoms with Gasteiger partial charge in [0.05, 0.1) is 21.3 Å². The molecular formula is C16H19NO3. The lowest BCUT2D eigenvalue weighted by Crippen LogP contribution is -2.00. The largest absolute Gasteiger partial charge is 0.497 e. The number of hydrogen-bond acceptors (Lipinski definition) is 4. The number of ether oxygens (including phenoxy) is 3. The molecule has 106 valence electrons. The second-order valence-corrected chi connectivity index (χ2v) is 4.31. The van der Waals surface area contributed by atoms with Crippen LogP contribution in [-0.4, -0.2) is 21.3 Å². The molecule has 0 fully saturated rings. The third-order valence-corrected chi connectivity index (χ3v) is 3.16. The number of rotatable bonds is 5. The summed E-state index contributed by atoms with van der Waals surface area (Å²) in [5.41, 5.74) is 8.66. The predicted octanol–water partition coefficient (Wildman–Crippen LogP) is 2.84. The average Bonchev–Trinajstić information content (AvgIpc) is 2.53. The predicted molar refractivity (Wildman–Crippen MR) is 79.4 cm³/mol. The molecule has 0 saturated heterocycles. The molecule has 0 radical (unpaired) electrons. The van der Waals surface area contributed by atoms with E-state index in [1.54, 1.807) is 21.3 Å². The van der Waals surface area contributed by atoms with Crippen LogP contribution in [0.3, 0.4) is 0 Å². The number of nitrogens with two attached hydrogens (primary N) is 1. The maximum atomic E-state index is 5.75. The molecule has 2 N–H and O–H groups in total. The zero-order valence-electron chi connectivity index (χ0n) is 12.0. The summed E-state index contributed by atoms with van der Waals surface area (Å²) in [5.74, 6) is 2.16. The van der Waals surface area contributed by atoms with Crippen LogP contribution in [0.1, 0.15) is 5.56 Å². The minimum atomic E-state index is 0.442. The molecule has 2 aromatic rings. The Morgan fingerprint density at radius 2 is 1.75 bits per heavy atom. The van der Waals surface area contributed by atoms with Gasteiger partial charge in [0.2, 0.25) is 0 Å². The quantitative estimate of drug-likeness (QED) is 0.910. The lowest BCUT2D eigenvalue weighted by atomic mass is 10.0. The molecule has 2 rings (SSSR count). The third-order valence-electron chi connectivity index (χ3n) is 3.16. The van der Waals surface area contributed by atoms with E-state index in [0.29, 0.717) is 18.0 Å². The minimum Gasteiger partial charge on any atom is -0.497 e. The highest BCUT2D eigenvalue weighted by Gasteiger charge is 2.14. The van der Waals surface area contributed by atoms with Crippen molar-refractivity contribution in [3.05, 3.63) is 42.0 Å². The summed E-state index contributed by atoms with van der Waals surface area (Å²) in [5, 5.41) is 0. The summed E-state index contributed by atoms with van der Waals surface area (Å²) < 4.78 is 16.1. The molecule has 0 aromatic heterocycles. The zero-order chi connectivity index (χ0) is 14.5. The Balaban J connectivity index is 2.63. The Bertz CT molecular complexity index is 596. The van der Waals surface area contributed by atoms with Crippen molar-refractivity contribution in [2.45, 2.75) is 6.54 Å². The van der Waals surface area contributed by atoms with Crippen LogP contribution >= 0.6 is 0 Å². The van der Waals surface area contributed by atoms with Gasteiger partial charge in [-0.25, -0.2) is 0 Å². The van der Waals surface area contributed by atoms with Crippen LogP contribution < -0.4 is 19.9 Å². The molecule has 0 amide bonds. The Labute approximate surface area is 119 Å². The van der Waals surface area contributed by atoms with Gasteiger partial charge in [-0.2, -0.15) is 0 Å². The van der Waals surface area contributed by atoms with Crippen LogP contribution in [0.25, 0.3) is 11.1 Å². The molecule has 2 aromatic carbocycles. The van der Waals surface area contributed by atoms with Gasteiger partial charge in [0.25, 0.3) is 0 Å². The average molecular weight is 273 g/mol.